The maximum Gasteiger partial charge on any atom is 0.257 e. The number of aliphatic hydroxyl groups is 1. The number of aliphatic hydroxyl groups excluding tert-OH is 1. The van der Waals surface area contributed by atoms with E-state index >= 15 is 0 Å². The highest BCUT2D eigenvalue weighted by atomic mass is 16.3. The van der Waals surface area contributed by atoms with Crippen LogP contribution in [0, 0.1) is 0 Å². The van der Waals surface area contributed by atoms with Crippen LogP contribution in [0.1, 0.15) is 16.8 Å². The van der Waals surface area contributed by atoms with Gasteiger partial charge in [-0.15, -0.1) is 0 Å². The summed E-state index contributed by atoms with van der Waals surface area (Å²) in [5.74, 6) is 0.503. The molecule has 5 nitrogen and oxygen atoms in total. The second kappa shape index (κ2) is 4.49. The lowest BCUT2D eigenvalue weighted by Gasteiger charge is -2.16. The van der Waals surface area contributed by atoms with Crippen LogP contribution >= 0.6 is 0 Å². The Bertz CT molecular complexity index is 395. The van der Waals surface area contributed by atoms with E-state index in [1.165, 1.54) is 0 Å². The zero-order valence-corrected chi connectivity index (χ0v) is 9.18. The summed E-state index contributed by atoms with van der Waals surface area (Å²) in [4.78, 5) is 17.8. The van der Waals surface area contributed by atoms with Crippen LogP contribution in [0.15, 0.2) is 18.3 Å². The third kappa shape index (κ3) is 1.99. The van der Waals surface area contributed by atoms with Crippen LogP contribution in [-0.4, -0.2) is 47.1 Å². The summed E-state index contributed by atoms with van der Waals surface area (Å²) >= 11 is 0. The summed E-state index contributed by atoms with van der Waals surface area (Å²) in [6.07, 6.45) is 1.90. The summed E-state index contributed by atoms with van der Waals surface area (Å²) in [6, 6.07) is 3.48. The Kier molecular flexibility index (Phi) is 3.05. The number of nitrogens with one attached hydrogen (secondary N) is 1. The fourth-order valence-corrected chi connectivity index (χ4v) is 1.87. The van der Waals surface area contributed by atoms with Crippen molar-refractivity contribution in [2.75, 3.05) is 25.5 Å². The molecule has 1 aliphatic heterocycles. The zero-order valence-electron chi connectivity index (χ0n) is 9.18. The molecule has 1 aromatic rings. The monoisotopic (exact) mass is 221 g/mol. The maximum absolute atomic E-state index is 12.1. The minimum atomic E-state index is -0.390. The number of anilines is 1. The smallest absolute Gasteiger partial charge is 0.257 e. The lowest BCUT2D eigenvalue weighted by Crippen LogP contribution is -2.30. The average molecular weight is 221 g/mol. The fraction of sp³-hybridized carbons (Fsp3) is 0.455. The van der Waals surface area contributed by atoms with Crippen molar-refractivity contribution in [2.24, 2.45) is 0 Å². The number of β-amino-alcohol motifs (C(OH)–C–C–N with tert-alkyl or cyclic N) is 1. The first-order chi connectivity index (χ1) is 7.72. The van der Waals surface area contributed by atoms with E-state index in [1.54, 1.807) is 30.3 Å². The molecule has 1 atom stereocenters. The predicted octanol–water partition coefficient (Wildman–Crippen LogP) is 0.330. The molecule has 0 bridgehead atoms. The van der Waals surface area contributed by atoms with Crippen LogP contribution < -0.4 is 5.32 Å². The van der Waals surface area contributed by atoms with Gasteiger partial charge in [-0.05, 0) is 18.6 Å². The first kappa shape index (κ1) is 10.9. The second-order valence-electron chi connectivity index (χ2n) is 3.84. The van der Waals surface area contributed by atoms with Gasteiger partial charge in [-0.1, -0.05) is 0 Å². The van der Waals surface area contributed by atoms with Crippen molar-refractivity contribution in [3.8, 4) is 0 Å². The second-order valence-corrected chi connectivity index (χ2v) is 3.84. The van der Waals surface area contributed by atoms with Crippen LogP contribution in [0.2, 0.25) is 0 Å². The first-order valence-corrected chi connectivity index (χ1v) is 5.32. The third-order valence-electron chi connectivity index (χ3n) is 2.73. The topological polar surface area (TPSA) is 65.5 Å². The minimum absolute atomic E-state index is 0.0750. The minimum Gasteiger partial charge on any atom is -0.391 e. The Morgan fingerprint density at radius 1 is 1.69 bits per heavy atom. The molecule has 1 amide bonds. The number of carbonyl (C=O) groups is 1. The molecule has 0 radical (unpaired) electrons. The Labute approximate surface area is 94.1 Å². The number of amides is 1. The fourth-order valence-electron chi connectivity index (χ4n) is 1.87. The molecule has 1 aromatic heterocycles. The largest absolute Gasteiger partial charge is 0.391 e. The molecule has 1 fully saturated rings. The summed E-state index contributed by atoms with van der Waals surface area (Å²) < 4.78 is 0. The van der Waals surface area contributed by atoms with Crippen LogP contribution in [0.3, 0.4) is 0 Å². The van der Waals surface area contributed by atoms with Crippen molar-refractivity contribution >= 4 is 11.7 Å². The summed E-state index contributed by atoms with van der Waals surface area (Å²) in [5, 5.41) is 12.3. The number of rotatable bonds is 2. The molecular formula is C11H15N3O2. The van der Waals surface area contributed by atoms with Gasteiger partial charge in [0.1, 0.15) is 5.82 Å². The Balaban J connectivity index is 2.20. The van der Waals surface area contributed by atoms with Crippen molar-refractivity contribution in [3.63, 3.8) is 0 Å². The molecule has 16 heavy (non-hydrogen) atoms. The number of hydrogen-bond acceptors (Lipinski definition) is 4. The molecule has 5 heteroatoms. The molecule has 2 rings (SSSR count). The molecule has 2 heterocycles. The molecule has 1 unspecified atom stereocenters. The predicted molar refractivity (Wildman–Crippen MR) is 60.3 cm³/mol. The number of likely N-dealkylation sites (tertiary alicyclic amines) is 1. The lowest BCUT2D eigenvalue weighted by atomic mass is 10.2. The molecule has 0 spiro atoms. The Morgan fingerprint density at radius 2 is 2.50 bits per heavy atom. The molecule has 1 saturated heterocycles. The van der Waals surface area contributed by atoms with Gasteiger partial charge in [0.25, 0.3) is 5.91 Å². The Hall–Kier alpha value is -1.62. The molecule has 0 saturated carbocycles. The zero-order chi connectivity index (χ0) is 11.5. The number of nitrogens with zero attached hydrogens (tertiary/aromatic N) is 2. The normalized spacial score (nSPS) is 19.9. The highest BCUT2D eigenvalue weighted by Crippen LogP contribution is 2.17. The van der Waals surface area contributed by atoms with E-state index in [2.05, 4.69) is 10.3 Å². The van der Waals surface area contributed by atoms with Crippen molar-refractivity contribution in [2.45, 2.75) is 12.5 Å². The molecule has 1 aliphatic rings. The molecular weight excluding hydrogens is 206 g/mol. The standard InChI is InChI=1S/C11H15N3O2/c1-12-10-9(3-2-5-13-10)11(16)14-6-4-8(15)7-14/h2-3,5,8,15H,4,6-7H2,1H3,(H,12,13). The van der Waals surface area contributed by atoms with E-state index in [9.17, 15) is 9.90 Å². The van der Waals surface area contributed by atoms with Crippen LogP contribution in [0.5, 0.6) is 0 Å². The van der Waals surface area contributed by atoms with Gasteiger partial charge in [0.2, 0.25) is 0 Å². The van der Waals surface area contributed by atoms with E-state index in [4.69, 9.17) is 0 Å². The van der Waals surface area contributed by atoms with Crippen molar-refractivity contribution in [3.05, 3.63) is 23.9 Å². The van der Waals surface area contributed by atoms with Gasteiger partial charge in [0.15, 0.2) is 0 Å². The number of hydrogen-bond donors (Lipinski definition) is 2. The van der Waals surface area contributed by atoms with E-state index in [0.29, 0.717) is 30.9 Å². The quantitative estimate of drug-likeness (QED) is 0.755. The molecule has 2 N–H and O–H groups in total. The number of pyridine rings is 1. The van der Waals surface area contributed by atoms with Gasteiger partial charge in [0, 0.05) is 26.3 Å². The Morgan fingerprint density at radius 3 is 3.12 bits per heavy atom. The number of carbonyl (C=O) groups excluding carboxylic acids is 1. The highest BCUT2D eigenvalue weighted by molar-refractivity contribution is 5.98. The van der Waals surface area contributed by atoms with Crippen LogP contribution in [-0.2, 0) is 0 Å². The van der Waals surface area contributed by atoms with Gasteiger partial charge in [0.05, 0.1) is 11.7 Å². The van der Waals surface area contributed by atoms with Crippen LogP contribution in [0.25, 0.3) is 0 Å². The first-order valence-electron chi connectivity index (χ1n) is 5.32. The van der Waals surface area contributed by atoms with Gasteiger partial charge in [-0.25, -0.2) is 4.98 Å². The molecule has 86 valence electrons. The highest BCUT2D eigenvalue weighted by Gasteiger charge is 2.26. The van der Waals surface area contributed by atoms with Crippen molar-refractivity contribution in [1.82, 2.24) is 9.88 Å². The van der Waals surface area contributed by atoms with Gasteiger partial charge in [-0.2, -0.15) is 0 Å². The average Bonchev–Trinajstić information content (AvgIpc) is 2.75. The van der Waals surface area contributed by atoms with Gasteiger partial charge >= 0.3 is 0 Å². The van der Waals surface area contributed by atoms with E-state index in [0.717, 1.165) is 0 Å². The van der Waals surface area contributed by atoms with Crippen molar-refractivity contribution in [1.29, 1.82) is 0 Å². The lowest BCUT2D eigenvalue weighted by molar-refractivity contribution is 0.0765. The third-order valence-corrected chi connectivity index (χ3v) is 2.73. The van der Waals surface area contributed by atoms with Gasteiger partial charge < -0.3 is 15.3 Å². The molecule has 0 aromatic carbocycles. The van der Waals surface area contributed by atoms with Gasteiger partial charge in [-0.3, -0.25) is 4.79 Å². The van der Waals surface area contributed by atoms with E-state index in [-0.39, 0.29) is 5.91 Å². The number of aromatic nitrogens is 1. The summed E-state index contributed by atoms with van der Waals surface area (Å²) in [7, 11) is 1.73. The molecule has 0 aliphatic carbocycles. The summed E-state index contributed by atoms with van der Waals surface area (Å²) in [6.45, 7) is 1.02. The van der Waals surface area contributed by atoms with E-state index < -0.39 is 6.10 Å². The van der Waals surface area contributed by atoms with Crippen molar-refractivity contribution < 1.29 is 9.90 Å². The SMILES string of the molecule is CNc1ncccc1C(=O)N1CCC(O)C1. The van der Waals surface area contributed by atoms with Crippen LogP contribution in [0.4, 0.5) is 5.82 Å². The summed E-state index contributed by atoms with van der Waals surface area (Å²) in [5.41, 5.74) is 0.555. The van der Waals surface area contributed by atoms with E-state index in [1.807, 2.05) is 0 Å². The maximum atomic E-state index is 12.1.